The largest absolute Gasteiger partial charge is 0.379 e. The molecule has 26 heavy (non-hydrogen) atoms. The van der Waals surface area contributed by atoms with Gasteiger partial charge in [-0.1, -0.05) is 19.0 Å². The Morgan fingerprint density at radius 3 is 2.81 bits per heavy atom. The van der Waals surface area contributed by atoms with Gasteiger partial charge in [0.05, 0.1) is 25.5 Å². The summed E-state index contributed by atoms with van der Waals surface area (Å²) in [5, 5.41) is 11.0. The lowest BCUT2D eigenvalue weighted by Crippen LogP contribution is -2.60. The van der Waals surface area contributed by atoms with Gasteiger partial charge in [-0.2, -0.15) is 11.8 Å². The molecule has 0 spiro atoms. The number of nitrogens with one attached hydrogen (secondary N) is 2. The van der Waals surface area contributed by atoms with Crippen molar-refractivity contribution in [1.29, 1.82) is 0 Å². The van der Waals surface area contributed by atoms with Gasteiger partial charge >= 0.3 is 0 Å². The van der Waals surface area contributed by atoms with Gasteiger partial charge in [0.1, 0.15) is 0 Å². The van der Waals surface area contributed by atoms with Gasteiger partial charge in [0.2, 0.25) is 0 Å². The summed E-state index contributed by atoms with van der Waals surface area (Å²) in [6.45, 7) is 9.41. The van der Waals surface area contributed by atoms with E-state index in [4.69, 9.17) is 9.26 Å². The molecule has 2 N–H and O–H groups in total. The average Bonchev–Trinajstić information content (AvgIpc) is 3.33. The summed E-state index contributed by atoms with van der Waals surface area (Å²) in [6.07, 6.45) is 1.21. The Kier molecular flexibility index (Phi) is 6.83. The maximum Gasteiger partial charge on any atom is 0.191 e. The molecule has 1 aromatic heterocycles. The highest BCUT2D eigenvalue weighted by atomic mass is 32.2. The van der Waals surface area contributed by atoms with Crippen LogP contribution < -0.4 is 10.6 Å². The third kappa shape index (κ3) is 4.72. The molecule has 2 saturated heterocycles. The molecule has 2 aliphatic rings. The molecule has 1 aromatic rings. The first kappa shape index (κ1) is 19.5. The number of guanidine groups is 1. The number of rotatable bonds is 6. The number of thioether (sulfide) groups is 1. The van der Waals surface area contributed by atoms with E-state index < -0.39 is 0 Å². The Morgan fingerprint density at radius 2 is 2.19 bits per heavy atom. The summed E-state index contributed by atoms with van der Waals surface area (Å²) in [4.78, 5) is 6.96. The van der Waals surface area contributed by atoms with Crippen molar-refractivity contribution in [1.82, 2.24) is 20.7 Å². The summed E-state index contributed by atoms with van der Waals surface area (Å²) in [6, 6.07) is 2.01. The van der Waals surface area contributed by atoms with Crippen LogP contribution in [0.4, 0.5) is 0 Å². The quantitative estimate of drug-likeness (QED) is 0.573. The second-order valence-corrected chi connectivity index (χ2v) is 8.38. The van der Waals surface area contributed by atoms with Crippen LogP contribution in [-0.4, -0.2) is 73.0 Å². The second kappa shape index (κ2) is 9.10. The predicted molar refractivity (Wildman–Crippen MR) is 106 cm³/mol. The van der Waals surface area contributed by atoms with Gasteiger partial charge in [-0.15, -0.1) is 0 Å². The Morgan fingerprint density at radius 1 is 1.38 bits per heavy atom. The molecule has 0 bridgehead atoms. The minimum absolute atomic E-state index is 0.198. The number of hydrogen-bond acceptors (Lipinski definition) is 6. The zero-order valence-electron chi connectivity index (χ0n) is 16.1. The Labute approximate surface area is 160 Å². The number of nitrogens with zero attached hydrogens (tertiary/aromatic N) is 3. The maximum absolute atomic E-state index is 5.54. The third-order valence-corrected chi connectivity index (χ3v) is 6.41. The smallest absolute Gasteiger partial charge is 0.191 e. The third-order valence-electron chi connectivity index (χ3n) is 5.17. The van der Waals surface area contributed by atoms with Gasteiger partial charge in [-0.25, -0.2) is 0 Å². The Balaban J connectivity index is 1.53. The molecule has 0 aromatic carbocycles. The van der Waals surface area contributed by atoms with Crippen molar-refractivity contribution >= 4 is 17.7 Å². The number of morpholine rings is 1. The first-order chi connectivity index (χ1) is 12.6. The molecule has 3 heterocycles. The number of aromatic nitrogens is 1. The highest BCUT2D eigenvalue weighted by molar-refractivity contribution is 7.99. The normalized spacial score (nSPS) is 25.0. The minimum Gasteiger partial charge on any atom is -0.379 e. The van der Waals surface area contributed by atoms with E-state index in [0.29, 0.717) is 12.5 Å². The number of aliphatic imine (C=N–C) groups is 1. The standard InChI is InChI=1S/C18H31N5O2S/c1-14(2)16-10-15(25-22-16)11-20-17(19-3)21-12-18(4-9-26-13-18)23-5-7-24-8-6-23/h10,14H,4-9,11-13H2,1-3H3,(H2,19,20,21). The summed E-state index contributed by atoms with van der Waals surface area (Å²) in [5.41, 5.74) is 1.18. The van der Waals surface area contributed by atoms with Crippen LogP contribution in [0.5, 0.6) is 0 Å². The lowest BCUT2D eigenvalue weighted by Gasteiger charge is -2.43. The van der Waals surface area contributed by atoms with Gasteiger partial charge in [0.15, 0.2) is 11.7 Å². The first-order valence-electron chi connectivity index (χ1n) is 9.43. The van der Waals surface area contributed by atoms with Crippen LogP contribution in [0.15, 0.2) is 15.6 Å². The van der Waals surface area contributed by atoms with Crippen molar-refractivity contribution in [3.63, 3.8) is 0 Å². The van der Waals surface area contributed by atoms with Crippen molar-refractivity contribution in [2.75, 3.05) is 51.4 Å². The minimum atomic E-state index is 0.198. The van der Waals surface area contributed by atoms with Gasteiger partial charge in [-0.3, -0.25) is 9.89 Å². The Hall–Kier alpha value is -1.25. The molecule has 0 saturated carbocycles. The highest BCUT2D eigenvalue weighted by Gasteiger charge is 2.40. The first-order valence-corrected chi connectivity index (χ1v) is 10.6. The maximum atomic E-state index is 5.54. The molecule has 2 fully saturated rings. The van der Waals surface area contributed by atoms with E-state index in [2.05, 4.69) is 39.5 Å². The molecule has 7 nitrogen and oxygen atoms in total. The lowest BCUT2D eigenvalue weighted by molar-refractivity contribution is -0.0120. The number of hydrogen-bond donors (Lipinski definition) is 2. The molecule has 1 atom stereocenters. The van der Waals surface area contributed by atoms with Crippen LogP contribution >= 0.6 is 11.8 Å². The molecule has 0 amide bonds. The van der Waals surface area contributed by atoms with Crippen LogP contribution in [-0.2, 0) is 11.3 Å². The van der Waals surface area contributed by atoms with Gasteiger partial charge in [0.25, 0.3) is 0 Å². The molecule has 8 heteroatoms. The van der Waals surface area contributed by atoms with E-state index in [-0.39, 0.29) is 5.54 Å². The van der Waals surface area contributed by atoms with Crippen molar-refractivity contribution in [3.8, 4) is 0 Å². The number of ether oxygens (including phenoxy) is 1. The van der Waals surface area contributed by atoms with Crippen LogP contribution in [0.2, 0.25) is 0 Å². The summed E-state index contributed by atoms with van der Waals surface area (Å²) < 4.78 is 10.9. The van der Waals surface area contributed by atoms with Crippen LogP contribution in [0.1, 0.15) is 37.6 Å². The van der Waals surface area contributed by atoms with Gasteiger partial charge in [0, 0.05) is 44.0 Å². The fourth-order valence-corrected chi connectivity index (χ4v) is 4.94. The second-order valence-electron chi connectivity index (χ2n) is 7.28. The van der Waals surface area contributed by atoms with E-state index >= 15 is 0 Å². The fourth-order valence-electron chi connectivity index (χ4n) is 3.46. The van der Waals surface area contributed by atoms with Crippen molar-refractivity contribution in [2.45, 2.75) is 38.3 Å². The zero-order chi connectivity index (χ0) is 18.4. The molecule has 3 rings (SSSR count). The zero-order valence-corrected chi connectivity index (χ0v) is 16.9. The average molecular weight is 382 g/mol. The summed E-state index contributed by atoms with van der Waals surface area (Å²) in [7, 11) is 1.81. The van der Waals surface area contributed by atoms with E-state index in [1.165, 1.54) is 12.2 Å². The molecule has 0 aliphatic carbocycles. The van der Waals surface area contributed by atoms with E-state index in [0.717, 1.165) is 56.0 Å². The van der Waals surface area contributed by atoms with Crippen LogP contribution in [0, 0.1) is 0 Å². The SMILES string of the molecule is CN=C(NCc1cc(C(C)C)no1)NCC1(N2CCOCC2)CCSC1. The summed E-state index contributed by atoms with van der Waals surface area (Å²) >= 11 is 2.04. The lowest BCUT2D eigenvalue weighted by atomic mass is 9.95. The van der Waals surface area contributed by atoms with E-state index in [1.807, 2.05) is 17.8 Å². The van der Waals surface area contributed by atoms with Crippen molar-refractivity contribution < 1.29 is 9.26 Å². The van der Waals surface area contributed by atoms with E-state index in [9.17, 15) is 0 Å². The molecular weight excluding hydrogens is 350 g/mol. The summed E-state index contributed by atoms with van der Waals surface area (Å²) in [5.74, 6) is 4.39. The highest BCUT2D eigenvalue weighted by Crippen LogP contribution is 2.33. The Bertz CT molecular complexity index is 592. The molecule has 2 aliphatic heterocycles. The van der Waals surface area contributed by atoms with Crippen LogP contribution in [0.3, 0.4) is 0 Å². The monoisotopic (exact) mass is 381 g/mol. The van der Waals surface area contributed by atoms with Gasteiger partial charge < -0.3 is 19.9 Å². The molecular formula is C18H31N5O2S. The van der Waals surface area contributed by atoms with Crippen LogP contribution in [0.25, 0.3) is 0 Å². The topological polar surface area (TPSA) is 74.9 Å². The van der Waals surface area contributed by atoms with E-state index in [1.54, 1.807) is 7.05 Å². The van der Waals surface area contributed by atoms with Crippen molar-refractivity contribution in [3.05, 3.63) is 17.5 Å². The van der Waals surface area contributed by atoms with Crippen molar-refractivity contribution in [2.24, 2.45) is 4.99 Å². The predicted octanol–water partition coefficient (Wildman–Crippen LogP) is 1.67. The molecule has 146 valence electrons. The van der Waals surface area contributed by atoms with Gasteiger partial charge in [-0.05, 0) is 18.1 Å². The fraction of sp³-hybridized carbons (Fsp3) is 0.778. The molecule has 1 unspecified atom stereocenters. The molecule has 0 radical (unpaired) electrons.